The highest BCUT2D eigenvalue weighted by atomic mass is 32.2. The van der Waals surface area contributed by atoms with Crippen molar-refractivity contribution in [2.24, 2.45) is 7.05 Å². The molecule has 0 fully saturated rings. The number of thioether (sulfide) groups is 1. The molecular formula is C17H19N3O3S. The lowest BCUT2D eigenvalue weighted by Crippen LogP contribution is -2.46. The smallest absolute Gasteiger partial charge is 0.313 e. The van der Waals surface area contributed by atoms with Gasteiger partial charge < -0.3 is 14.6 Å². The Morgan fingerprint density at radius 1 is 1.38 bits per heavy atom. The zero-order valence-electron chi connectivity index (χ0n) is 13.5. The van der Waals surface area contributed by atoms with Crippen molar-refractivity contribution < 1.29 is 14.7 Å². The van der Waals surface area contributed by atoms with Crippen molar-refractivity contribution in [1.29, 1.82) is 0 Å². The number of rotatable bonds is 5. The van der Waals surface area contributed by atoms with E-state index in [0.717, 1.165) is 5.75 Å². The Morgan fingerprint density at radius 3 is 2.75 bits per heavy atom. The minimum atomic E-state index is -0.947. The third-order valence-corrected chi connectivity index (χ3v) is 4.95. The van der Waals surface area contributed by atoms with Gasteiger partial charge in [-0.2, -0.15) is 11.8 Å². The average Bonchev–Trinajstić information content (AvgIpc) is 2.99. The van der Waals surface area contributed by atoms with Crippen molar-refractivity contribution in [2.75, 3.05) is 18.6 Å². The second-order valence-electron chi connectivity index (χ2n) is 5.74. The number of hydrogen-bond donors (Lipinski definition) is 1. The Kier molecular flexibility index (Phi) is 4.62. The predicted molar refractivity (Wildman–Crippen MR) is 92.2 cm³/mol. The number of carbonyl (C=O) groups is 2. The van der Waals surface area contributed by atoms with Gasteiger partial charge in [0.05, 0.1) is 0 Å². The summed E-state index contributed by atoms with van der Waals surface area (Å²) in [7, 11) is 1.82. The molecule has 0 spiro atoms. The third-order valence-electron chi connectivity index (χ3n) is 4.36. The number of nitrogens with zero attached hydrogens (tertiary/aromatic N) is 3. The standard InChI is InChI=1S/C17H19N3O3S/c1-19-8-7-18-15(19)14-13(17(22)23)11-5-3-4-6-12(11)16(21)20(14)9-10-24-2/h3-8,13-14H,9-10H2,1-2H3,(H,22,23). The first-order chi connectivity index (χ1) is 11.6. The van der Waals surface area contributed by atoms with Crippen LogP contribution in [0.2, 0.25) is 0 Å². The fourth-order valence-corrected chi connectivity index (χ4v) is 3.62. The molecule has 1 amide bonds. The zero-order chi connectivity index (χ0) is 17.3. The van der Waals surface area contributed by atoms with Gasteiger partial charge in [0.1, 0.15) is 17.8 Å². The van der Waals surface area contributed by atoms with E-state index in [9.17, 15) is 14.7 Å². The van der Waals surface area contributed by atoms with Gasteiger partial charge in [0.2, 0.25) is 0 Å². The summed E-state index contributed by atoms with van der Waals surface area (Å²) >= 11 is 1.62. The molecule has 1 N–H and O–H groups in total. The number of imidazole rings is 1. The maximum atomic E-state index is 13.0. The summed E-state index contributed by atoms with van der Waals surface area (Å²) in [6.45, 7) is 0.482. The van der Waals surface area contributed by atoms with Crippen LogP contribution in [0.5, 0.6) is 0 Å². The molecule has 1 aliphatic heterocycles. The monoisotopic (exact) mass is 345 g/mol. The van der Waals surface area contributed by atoms with Gasteiger partial charge in [-0.05, 0) is 17.9 Å². The summed E-state index contributed by atoms with van der Waals surface area (Å²) in [6, 6.07) is 6.36. The SMILES string of the molecule is CSCCN1C(=O)c2ccccc2C(C(=O)O)C1c1nccn1C. The normalized spacial score (nSPS) is 20.1. The summed E-state index contributed by atoms with van der Waals surface area (Å²) < 4.78 is 1.79. The van der Waals surface area contributed by atoms with Crippen molar-refractivity contribution in [3.8, 4) is 0 Å². The zero-order valence-corrected chi connectivity index (χ0v) is 14.4. The van der Waals surface area contributed by atoms with Gasteiger partial charge in [0.25, 0.3) is 5.91 Å². The van der Waals surface area contributed by atoms with Crippen molar-refractivity contribution in [3.05, 3.63) is 53.6 Å². The lowest BCUT2D eigenvalue weighted by Gasteiger charge is -2.40. The van der Waals surface area contributed by atoms with Crippen molar-refractivity contribution in [3.63, 3.8) is 0 Å². The predicted octanol–water partition coefficient (Wildman–Crippen LogP) is 2.15. The highest BCUT2D eigenvalue weighted by Gasteiger charge is 2.45. The molecule has 0 radical (unpaired) electrons. The number of fused-ring (bicyclic) bond motifs is 1. The molecule has 2 atom stereocenters. The number of benzene rings is 1. The maximum Gasteiger partial charge on any atom is 0.313 e. The Labute approximate surface area is 144 Å². The van der Waals surface area contributed by atoms with E-state index in [0.29, 0.717) is 23.5 Å². The topological polar surface area (TPSA) is 75.4 Å². The number of hydrogen-bond acceptors (Lipinski definition) is 4. The van der Waals surface area contributed by atoms with Gasteiger partial charge in [0.15, 0.2) is 0 Å². The molecule has 6 nitrogen and oxygen atoms in total. The molecule has 2 aromatic rings. The van der Waals surface area contributed by atoms with E-state index in [1.54, 1.807) is 57.9 Å². The summed E-state index contributed by atoms with van der Waals surface area (Å²) in [5, 5.41) is 9.89. The Hall–Kier alpha value is -2.28. The summed E-state index contributed by atoms with van der Waals surface area (Å²) in [6.07, 6.45) is 5.37. The van der Waals surface area contributed by atoms with E-state index in [2.05, 4.69) is 4.98 Å². The maximum absolute atomic E-state index is 13.0. The highest BCUT2D eigenvalue weighted by Crippen LogP contribution is 2.42. The van der Waals surface area contributed by atoms with E-state index in [1.165, 1.54) is 0 Å². The minimum Gasteiger partial charge on any atom is -0.481 e. The molecule has 1 aliphatic rings. The van der Waals surface area contributed by atoms with E-state index >= 15 is 0 Å². The van der Waals surface area contributed by atoms with Crippen LogP contribution in [0.15, 0.2) is 36.7 Å². The van der Waals surface area contributed by atoms with Crippen LogP contribution in [0.25, 0.3) is 0 Å². The van der Waals surface area contributed by atoms with Crippen LogP contribution in [0.1, 0.15) is 33.7 Å². The Balaban J connectivity index is 2.18. The van der Waals surface area contributed by atoms with Crippen molar-refractivity contribution in [1.82, 2.24) is 14.5 Å². The van der Waals surface area contributed by atoms with E-state index in [4.69, 9.17) is 0 Å². The molecule has 2 unspecified atom stereocenters. The van der Waals surface area contributed by atoms with E-state index in [-0.39, 0.29) is 5.91 Å². The average molecular weight is 345 g/mol. The van der Waals surface area contributed by atoms with Crippen LogP contribution in [0, 0.1) is 0 Å². The number of aryl methyl sites for hydroxylation is 1. The molecule has 1 aromatic carbocycles. The lowest BCUT2D eigenvalue weighted by molar-refractivity contribution is -0.140. The second kappa shape index (κ2) is 6.68. The minimum absolute atomic E-state index is 0.134. The molecule has 126 valence electrons. The van der Waals surface area contributed by atoms with E-state index in [1.807, 2.05) is 13.3 Å². The van der Waals surface area contributed by atoms with Crippen LogP contribution in [0.4, 0.5) is 0 Å². The fraction of sp³-hybridized carbons (Fsp3) is 0.353. The number of aliphatic carboxylic acids is 1. The van der Waals surface area contributed by atoms with Crippen molar-refractivity contribution >= 4 is 23.6 Å². The van der Waals surface area contributed by atoms with Crippen molar-refractivity contribution in [2.45, 2.75) is 12.0 Å². The van der Waals surface area contributed by atoms with Gasteiger partial charge in [0, 0.05) is 37.3 Å². The van der Waals surface area contributed by atoms with Gasteiger partial charge in [-0.1, -0.05) is 18.2 Å². The van der Waals surface area contributed by atoms with Crippen LogP contribution in [0.3, 0.4) is 0 Å². The molecule has 1 aromatic heterocycles. The molecule has 0 aliphatic carbocycles. The van der Waals surface area contributed by atoms with Gasteiger partial charge >= 0.3 is 5.97 Å². The molecule has 7 heteroatoms. The molecule has 24 heavy (non-hydrogen) atoms. The second-order valence-corrected chi connectivity index (χ2v) is 6.72. The first-order valence-electron chi connectivity index (χ1n) is 7.65. The molecule has 0 bridgehead atoms. The van der Waals surface area contributed by atoms with Crippen LogP contribution < -0.4 is 0 Å². The molecule has 2 heterocycles. The quantitative estimate of drug-likeness (QED) is 0.899. The first-order valence-corrected chi connectivity index (χ1v) is 9.04. The van der Waals surface area contributed by atoms with E-state index < -0.39 is 17.9 Å². The number of amides is 1. The molecule has 3 rings (SSSR count). The van der Waals surface area contributed by atoms with Gasteiger partial charge in [-0.15, -0.1) is 0 Å². The number of carboxylic acids is 1. The van der Waals surface area contributed by atoms with Gasteiger partial charge in [-0.25, -0.2) is 4.98 Å². The number of carboxylic acid groups (broad SMARTS) is 1. The largest absolute Gasteiger partial charge is 0.481 e. The molecule has 0 saturated heterocycles. The Bertz CT molecular complexity index is 774. The highest BCUT2D eigenvalue weighted by molar-refractivity contribution is 7.98. The third kappa shape index (κ3) is 2.69. The number of carbonyl (C=O) groups excluding carboxylic acids is 1. The van der Waals surface area contributed by atoms with Gasteiger partial charge in [-0.3, -0.25) is 9.59 Å². The molecular weight excluding hydrogens is 326 g/mol. The molecule has 0 saturated carbocycles. The first kappa shape index (κ1) is 16.6. The summed E-state index contributed by atoms with van der Waals surface area (Å²) in [5.74, 6) is -0.586. The van der Waals surface area contributed by atoms with Crippen LogP contribution in [-0.2, 0) is 11.8 Å². The van der Waals surface area contributed by atoms with Crippen LogP contribution in [-0.4, -0.2) is 50.0 Å². The summed E-state index contributed by atoms with van der Waals surface area (Å²) in [4.78, 5) is 31.1. The lowest BCUT2D eigenvalue weighted by atomic mass is 9.82. The fourth-order valence-electron chi connectivity index (χ4n) is 3.24. The van der Waals surface area contributed by atoms with Crippen LogP contribution >= 0.6 is 11.8 Å². The number of aromatic nitrogens is 2. The Morgan fingerprint density at radius 2 is 2.12 bits per heavy atom. The summed E-state index contributed by atoms with van der Waals surface area (Å²) in [5.41, 5.74) is 1.03.